The molecule has 12 heavy (non-hydrogen) atoms. The maximum Gasteiger partial charge on any atom is 0.0494 e. The molecular formula is C11H22O. The monoisotopic (exact) mass is 170 g/mol. The van der Waals surface area contributed by atoms with Gasteiger partial charge in [-0.15, -0.1) is 0 Å². The zero-order valence-electron chi connectivity index (χ0n) is 8.73. The van der Waals surface area contributed by atoms with E-state index in [1.807, 2.05) is 0 Å². The van der Waals surface area contributed by atoms with Gasteiger partial charge in [-0.3, -0.25) is 0 Å². The van der Waals surface area contributed by atoms with E-state index in [9.17, 15) is 0 Å². The first kappa shape index (κ1) is 10.0. The predicted octanol–water partition coefficient (Wildman–Crippen LogP) is 3.24. The Labute approximate surface area is 76.5 Å². The first-order valence-corrected chi connectivity index (χ1v) is 5.16. The van der Waals surface area contributed by atoms with Crippen molar-refractivity contribution in [3.05, 3.63) is 0 Å². The van der Waals surface area contributed by atoms with E-state index in [0.29, 0.717) is 5.41 Å². The van der Waals surface area contributed by atoms with E-state index in [4.69, 9.17) is 4.74 Å². The molecular weight excluding hydrogens is 148 g/mol. The molecule has 1 saturated heterocycles. The molecule has 1 unspecified atom stereocenters. The summed E-state index contributed by atoms with van der Waals surface area (Å²) < 4.78 is 5.45. The fourth-order valence-electron chi connectivity index (χ4n) is 1.67. The third-order valence-corrected chi connectivity index (χ3v) is 2.56. The lowest BCUT2D eigenvalue weighted by atomic mass is 9.85. The van der Waals surface area contributed by atoms with Gasteiger partial charge in [0, 0.05) is 13.2 Å². The van der Waals surface area contributed by atoms with Crippen LogP contribution in [-0.4, -0.2) is 13.2 Å². The van der Waals surface area contributed by atoms with E-state index >= 15 is 0 Å². The lowest BCUT2D eigenvalue weighted by Crippen LogP contribution is -2.19. The van der Waals surface area contributed by atoms with Gasteiger partial charge in [-0.05, 0) is 37.0 Å². The first-order chi connectivity index (χ1) is 5.58. The lowest BCUT2D eigenvalue weighted by molar-refractivity contribution is 0.0474. The molecule has 72 valence electrons. The van der Waals surface area contributed by atoms with Gasteiger partial charge in [0.1, 0.15) is 0 Å². The second kappa shape index (κ2) is 4.27. The van der Waals surface area contributed by atoms with Crippen molar-refractivity contribution in [2.45, 2.75) is 46.5 Å². The maximum absolute atomic E-state index is 5.45. The summed E-state index contributed by atoms with van der Waals surface area (Å²) in [4.78, 5) is 0. The highest BCUT2D eigenvalue weighted by molar-refractivity contribution is 4.68. The van der Waals surface area contributed by atoms with Crippen molar-refractivity contribution < 1.29 is 4.74 Å². The maximum atomic E-state index is 5.45. The zero-order valence-corrected chi connectivity index (χ0v) is 8.73. The smallest absolute Gasteiger partial charge is 0.0494 e. The van der Waals surface area contributed by atoms with Gasteiger partial charge in [-0.25, -0.2) is 0 Å². The highest BCUT2D eigenvalue weighted by Gasteiger charge is 2.17. The molecule has 0 bridgehead atoms. The van der Waals surface area contributed by atoms with Crippen LogP contribution in [0.1, 0.15) is 46.5 Å². The van der Waals surface area contributed by atoms with Crippen LogP contribution in [0.2, 0.25) is 0 Å². The average molecular weight is 170 g/mol. The molecule has 0 N–H and O–H groups in total. The Balaban J connectivity index is 2.13. The Bertz CT molecular complexity index is 117. The minimum absolute atomic E-state index is 0.497. The predicted molar refractivity (Wildman–Crippen MR) is 52.2 cm³/mol. The highest BCUT2D eigenvalue weighted by atomic mass is 16.5. The van der Waals surface area contributed by atoms with Crippen molar-refractivity contribution in [3.8, 4) is 0 Å². The largest absolute Gasteiger partial charge is 0.381 e. The Morgan fingerprint density at radius 2 is 2.08 bits per heavy atom. The molecule has 0 amide bonds. The minimum Gasteiger partial charge on any atom is -0.381 e. The second-order valence-corrected chi connectivity index (χ2v) is 5.18. The molecule has 0 aromatic heterocycles. The van der Waals surface area contributed by atoms with Crippen molar-refractivity contribution in [2.24, 2.45) is 11.3 Å². The number of rotatable bonds is 2. The normalized spacial score (nSPS) is 25.8. The van der Waals surface area contributed by atoms with Crippen LogP contribution in [0.4, 0.5) is 0 Å². The number of hydrogen-bond donors (Lipinski definition) is 0. The van der Waals surface area contributed by atoms with Crippen LogP contribution in [0.15, 0.2) is 0 Å². The fraction of sp³-hybridized carbons (Fsp3) is 1.00. The molecule has 1 nitrogen and oxygen atoms in total. The molecule has 1 aliphatic heterocycles. The molecule has 1 heterocycles. The van der Waals surface area contributed by atoms with E-state index < -0.39 is 0 Å². The van der Waals surface area contributed by atoms with E-state index in [2.05, 4.69) is 20.8 Å². The second-order valence-electron chi connectivity index (χ2n) is 5.18. The minimum atomic E-state index is 0.497. The summed E-state index contributed by atoms with van der Waals surface area (Å²) in [6.45, 7) is 8.95. The fourth-order valence-corrected chi connectivity index (χ4v) is 1.67. The molecule has 0 radical (unpaired) electrons. The Morgan fingerprint density at radius 1 is 1.33 bits per heavy atom. The topological polar surface area (TPSA) is 9.23 Å². The molecule has 1 heteroatoms. The van der Waals surface area contributed by atoms with Crippen molar-refractivity contribution in [1.82, 2.24) is 0 Å². The SMILES string of the molecule is CC(C)(C)CCC1CCCOC1. The van der Waals surface area contributed by atoms with Crippen LogP contribution in [0.3, 0.4) is 0 Å². The third-order valence-electron chi connectivity index (χ3n) is 2.56. The van der Waals surface area contributed by atoms with Gasteiger partial charge >= 0.3 is 0 Å². The molecule has 0 aromatic carbocycles. The van der Waals surface area contributed by atoms with Crippen molar-refractivity contribution >= 4 is 0 Å². The Morgan fingerprint density at radius 3 is 2.58 bits per heavy atom. The van der Waals surface area contributed by atoms with E-state index in [1.165, 1.54) is 25.7 Å². The van der Waals surface area contributed by atoms with Crippen LogP contribution < -0.4 is 0 Å². The molecule has 0 saturated carbocycles. The van der Waals surface area contributed by atoms with E-state index in [-0.39, 0.29) is 0 Å². The average Bonchev–Trinajstić information content (AvgIpc) is 2.02. The van der Waals surface area contributed by atoms with Gasteiger partial charge in [-0.1, -0.05) is 20.8 Å². The summed E-state index contributed by atoms with van der Waals surface area (Å²) in [5.74, 6) is 0.845. The van der Waals surface area contributed by atoms with Gasteiger partial charge in [0.15, 0.2) is 0 Å². The van der Waals surface area contributed by atoms with Crippen LogP contribution in [-0.2, 0) is 4.74 Å². The zero-order chi connectivity index (χ0) is 9.03. The van der Waals surface area contributed by atoms with Crippen LogP contribution in [0.5, 0.6) is 0 Å². The summed E-state index contributed by atoms with van der Waals surface area (Å²) in [5.41, 5.74) is 0.497. The van der Waals surface area contributed by atoms with Gasteiger partial charge in [-0.2, -0.15) is 0 Å². The van der Waals surface area contributed by atoms with Gasteiger partial charge < -0.3 is 4.74 Å². The van der Waals surface area contributed by atoms with Crippen molar-refractivity contribution in [3.63, 3.8) is 0 Å². The number of hydrogen-bond acceptors (Lipinski definition) is 1. The van der Waals surface area contributed by atoms with E-state index in [1.54, 1.807) is 0 Å². The number of ether oxygens (including phenoxy) is 1. The molecule has 1 fully saturated rings. The molecule has 1 aliphatic rings. The molecule has 1 rings (SSSR count). The molecule has 0 aromatic rings. The molecule has 1 atom stereocenters. The van der Waals surface area contributed by atoms with Gasteiger partial charge in [0.25, 0.3) is 0 Å². The van der Waals surface area contributed by atoms with Gasteiger partial charge in [0.2, 0.25) is 0 Å². The first-order valence-electron chi connectivity index (χ1n) is 5.16. The van der Waals surface area contributed by atoms with E-state index in [0.717, 1.165) is 19.1 Å². The van der Waals surface area contributed by atoms with Crippen molar-refractivity contribution in [1.29, 1.82) is 0 Å². The summed E-state index contributed by atoms with van der Waals surface area (Å²) in [6, 6.07) is 0. The quantitative estimate of drug-likeness (QED) is 0.618. The molecule has 0 spiro atoms. The highest BCUT2D eigenvalue weighted by Crippen LogP contribution is 2.27. The molecule has 0 aliphatic carbocycles. The van der Waals surface area contributed by atoms with Gasteiger partial charge in [0.05, 0.1) is 0 Å². The van der Waals surface area contributed by atoms with Crippen molar-refractivity contribution in [2.75, 3.05) is 13.2 Å². The lowest BCUT2D eigenvalue weighted by Gasteiger charge is -2.25. The van der Waals surface area contributed by atoms with Crippen LogP contribution >= 0.6 is 0 Å². The summed E-state index contributed by atoms with van der Waals surface area (Å²) in [7, 11) is 0. The van der Waals surface area contributed by atoms with Crippen LogP contribution in [0.25, 0.3) is 0 Å². The Kier molecular flexibility index (Phi) is 3.57. The summed E-state index contributed by atoms with van der Waals surface area (Å²) >= 11 is 0. The third kappa shape index (κ3) is 4.10. The Hall–Kier alpha value is -0.0400. The van der Waals surface area contributed by atoms with Crippen LogP contribution in [0, 0.1) is 11.3 Å². The summed E-state index contributed by atoms with van der Waals surface area (Å²) in [5, 5.41) is 0. The summed E-state index contributed by atoms with van der Waals surface area (Å²) in [6.07, 6.45) is 5.34. The standard InChI is InChI=1S/C11H22O/c1-11(2,3)7-6-10-5-4-8-12-9-10/h10H,4-9H2,1-3H3.